The highest BCUT2D eigenvalue weighted by molar-refractivity contribution is 7.25. The number of hydrogen-bond donors (Lipinski definition) is 0. The molecule has 11 aromatic rings. The predicted molar refractivity (Wildman–Crippen MR) is 249 cm³/mol. The summed E-state index contributed by atoms with van der Waals surface area (Å²) in [5, 5.41) is 4.82. The summed E-state index contributed by atoms with van der Waals surface area (Å²) in [6.45, 7) is 0. The van der Waals surface area contributed by atoms with Gasteiger partial charge in [0.15, 0.2) is 17.5 Å². The topological polar surface area (TPSA) is 38.7 Å². The molecule has 0 amide bonds. The molecule has 280 valence electrons. The number of rotatable bonds is 6. The molecule has 0 saturated heterocycles. The Kier molecular flexibility index (Phi) is 7.94. The summed E-state index contributed by atoms with van der Waals surface area (Å²) < 4.78 is 2.56. The first-order valence-corrected chi connectivity index (χ1v) is 21.2. The fourth-order valence-electron chi connectivity index (χ4n) is 9.56. The van der Waals surface area contributed by atoms with Gasteiger partial charge in [0.05, 0.1) is 5.41 Å². The van der Waals surface area contributed by atoms with Crippen molar-refractivity contribution < 1.29 is 0 Å². The zero-order chi connectivity index (χ0) is 39.6. The summed E-state index contributed by atoms with van der Waals surface area (Å²) in [5.74, 6) is 1.96. The smallest absolute Gasteiger partial charge is 0.164 e. The monoisotopic (exact) mass is 781 g/mol. The van der Waals surface area contributed by atoms with Crippen molar-refractivity contribution in [3.05, 3.63) is 235 Å². The Labute approximate surface area is 352 Å². The van der Waals surface area contributed by atoms with Crippen LogP contribution in [0.25, 0.3) is 87.4 Å². The van der Waals surface area contributed by atoms with Crippen LogP contribution in [0.15, 0.2) is 212 Å². The van der Waals surface area contributed by atoms with Crippen molar-refractivity contribution in [2.45, 2.75) is 5.41 Å². The maximum Gasteiger partial charge on any atom is 0.164 e. The highest BCUT2D eigenvalue weighted by Gasteiger charge is 2.46. The molecule has 0 aliphatic heterocycles. The van der Waals surface area contributed by atoms with E-state index in [2.05, 4.69) is 152 Å². The highest BCUT2D eigenvalue weighted by atomic mass is 32.1. The number of fused-ring (bicyclic) bond motifs is 7. The average Bonchev–Trinajstić information content (AvgIpc) is 3.85. The van der Waals surface area contributed by atoms with E-state index in [9.17, 15) is 0 Å². The molecule has 0 spiro atoms. The van der Waals surface area contributed by atoms with Crippen LogP contribution >= 0.6 is 11.3 Å². The Morgan fingerprint density at radius 3 is 1.42 bits per heavy atom. The number of hydrogen-bond acceptors (Lipinski definition) is 4. The molecule has 2 aromatic heterocycles. The van der Waals surface area contributed by atoms with Crippen LogP contribution in [0.2, 0.25) is 0 Å². The van der Waals surface area contributed by atoms with E-state index in [1.807, 2.05) is 72.0 Å². The van der Waals surface area contributed by atoms with Gasteiger partial charge in [-0.05, 0) is 73.5 Å². The largest absolute Gasteiger partial charge is 0.208 e. The number of benzene rings is 9. The van der Waals surface area contributed by atoms with Crippen LogP contribution in [0.5, 0.6) is 0 Å². The summed E-state index contributed by atoms with van der Waals surface area (Å²) >= 11 is 1.88. The van der Waals surface area contributed by atoms with E-state index in [-0.39, 0.29) is 0 Å². The van der Waals surface area contributed by atoms with Gasteiger partial charge in [0, 0.05) is 36.9 Å². The Balaban J connectivity index is 0.995. The fraction of sp³-hybridized carbons (Fsp3) is 0.0179. The summed E-state index contributed by atoms with van der Waals surface area (Å²) in [6, 6.07) is 76.4. The van der Waals surface area contributed by atoms with Gasteiger partial charge in [-0.15, -0.1) is 11.3 Å². The SMILES string of the molecule is c1ccc(-c2nc(-c3ccccc3)nc(-c3ccc(-c4ccc5c(c4)sc4cc(C6(c7ccccc7)c7ccccc7-c7ccccc76)ccc45)c4ccccc34)n2)cc1. The zero-order valence-corrected chi connectivity index (χ0v) is 33.3. The molecule has 1 aliphatic carbocycles. The minimum atomic E-state index is -0.424. The minimum Gasteiger partial charge on any atom is -0.208 e. The number of nitrogens with zero attached hydrogens (tertiary/aromatic N) is 3. The molecule has 1 aliphatic rings. The normalized spacial score (nSPS) is 12.8. The molecular weight excluding hydrogens is 747 g/mol. The zero-order valence-electron chi connectivity index (χ0n) is 32.5. The van der Waals surface area contributed by atoms with Crippen molar-refractivity contribution in [1.29, 1.82) is 0 Å². The molecule has 0 atom stereocenters. The molecule has 0 bridgehead atoms. The van der Waals surface area contributed by atoms with Crippen molar-refractivity contribution >= 4 is 42.3 Å². The third-order valence-corrected chi connectivity index (χ3v) is 13.4. The van der Waals surface area contributed by atoms with E-state index in [0.29, 0.717) is 17.5 Å². The second-order valence-corrected chi connectivity index (χ2v) is 16.6. The Bertz CT molecular complexity index is 3330. The Morgan fingerprint density at radius 2 is 0.783 bits per heavy atom. The molecule has 0 radical (unpaired) electrons. The number of aromatic nitrogens is 3. The maximum absolute atomic E-state index is 5.08. The molecule has 0 fully saturated rings. The van der Waals surface area contributed by atoms with Gasteiger partial charge in [-0.25, -0.2) is 15.0 Å². The third-order valence-electron chi connectivity index (χ3n) is 12.2. The molecule has 0 N–H and O–H groups in total. The van der Waals surface area contributed by atoms with Gasteiger partial charge in [0.1, 0.15) is 0 Å². The van der Waals surface area contributed by atoms with Crippen LogP contribution in [0.1, 0.15) is 22.3 Å². The van der Waals surface area contributed by atoms with E-state index in [1.54, 1.807) is 0 Å². The standard InChI is InChI=1S/C56H35N3S/c1-4-16-36(17-5-1)53-57-54(37-18-6-2-7-19-37)59-55(58-53)48-33-32-41(42-22-10-11-23-43(42)48)38-28-30-46-47-31-29-40(35-52(47)60-51(46)34-38)56(39-20-8-3-9-21-39)49-26-14-12-24-44(49)45-25-13-15-27-50(45)56/h1-35H. The molecule has 2 heterocycles. The van der Waals surface area contributed by atoms with Crippen LogP contribution < -0.4 is 0 Å². The lowest BCUT2D eigenvalue weighted by Crippen LogP contribution is -2.28. The van der Waals surface area contributed by atoms with Gasteiger partial charge in [-0.2, -0.15) is 0 Å². The minimum absolute atomic E-state index is 0.424. The maximum atomic E-state index is 5.08. The van der Waals surface area contributed by atoms with E-state index >= 15 is 0 Å². The predicted octanol–water partition coefficient (Wildman–Crippen LogP) is 14.4. The molecule has 12 rings (SSSR count). The lowest BCUT2D eigenvalue weighted by atomic mass is 9.67. The van der Waals surface area contributed by atoms with Crippen molar-refractivity contribution in [2.75, 3.05) is 0 Å². The Morgan fingerprint density at radius 1 is 0.300 bits per heavy atom. The quantitative estimate of drug-likeness (QED) is 0.169. The van der Waals surface area contributed by atoms with Crippen molar-refractivity contribution in [2.24, 2.45) is 0 Å². The molecule has 9 aromatic carbocycles. The molecule has 60 heavy (non-hydrogen) atoms. The van der Waals surface area contributed by atoms with Gasteiger partial charge in [-0.3, -0.25) is 0 Å². The van der Waals surface area contributed by atoms with Crippen LogP contribution in [-0.2, 0) is 5.41 Å². The molecule has 0 saturated carbocycles. The third kappa shape index (κ3) is 5.31. The molecule has 3 nitrogen and oxygen atoms in total. The van der Waals surface area contributed by atoms with Crippen LogP contribution in [-0.4, -0.2) is 15.0 Å². The van der Waals surface area contributed by atoms with Gasteiger partial charge >= 0.3 is 0 Å². The fourth-order valence-corrected chi connectivity index (χ4v) is 10.7. The highest BCUT2D eigenvalue weighted by Crippen LogP contribution is 2.56. The van der Waals surface area contributed by atoms with Gasteiger partial charge < -0.3 is 0 Å². The lowest BCUT2D eigenvalue weighted by molar-refractivity contribution is 0.770. The molecule has 4 heteroatoms. The lowest BCUT2D eigenvalue weighted by Gasteiger charge is -2.33. The van der Waals surface area contributed by atoms with Crippen LogP contribution in [0.4, 0.5) is 0 Å². The summed E-state index contributed by atoms with van der Waals surface area (Å²) in [6.07, 6.45) is 0. The van der Waals surface area contributed by atoms with Crippen LogP contribution in [0, 0.1) is 0 Å². The van der Waals surface area contributed by atoms with E-state index in [0.717, 1.165) is 27.5 Å². The summed E-state index contributed by atoms with van der Waals surface area (Å²) in [5.41, 5.74) is 12.7. The summed E-state index contributed by atoms with van der Waals surface area (Å²) in [7, 11) is 0. The summed E-state index contributed by atoms with van der Waals surface area (Å²) in [4.78, 5) is 15.1. The Hall–Kier alpha value is -7.53. The van der Waals surface area contributed by atoms with Crippen molar-refractivity contribution in [1.82, 2.24) is 15.0 Å². The van der Waals surface area contributed by atoms with E-state index in [1.165, 1.54) is 64.7 Å². The average molecular weight is 782 g/mol. The van der Waals surface area contributed by atoms with Crippen molar-refractivity contribution in [3.63, 3.8) is 0 Å². The van der Waals surface area contributed by atoms with E-state index < -0.39 is 5.41 Å². The molecule has 0 unspecified atom stereocenters. The van der Waals surface area contributed by atoms with Gasteiger partial charge in [0.2, 0.25) is 0 Å². The first-order chi connectivity index (χ1) is 29.7. The van der Waals surface area contributed by atoms with Crippen molar-refractivity contribution in [3.8, 4) is 56.4 Å². The molecular formula is C56H35N3S. The van der Waals surface area contributed by atoms with Crippen LogP contribution in [0.3, 0.4) is 0 Å². The first-order valence-electron chi connectivity index (χ1n) is 20.4. The number of thiophene rings is 1. The second-order valence-electron chi connectivity index (χ2n) is 15.5. The second kappa shape index (κ2) is 13.8. The van der Waals surface area contributed by atoms with Gasteiger partial charge in [0.25, 0.3) is 0 Å². The van der Waals surface area contributed by atoms with E-state index in [4.69, 9.17) is 15.0 Å². The van der Waals surface area contributed by atoms with Gasteiger partial charge in [-0.1, -0.05) is 194 Å². The first kappa shape index (κ1) is 34.5.